The van der Waals surface area contributed by atoms with Gasteiger partial charge in [-0.1, -0.05) is 39.9 Å². The van der Waals surface area contributed by atoms with Crippen molar-refractivity contribution in [3.63, 3.8) is 0 Å². The first-order valence-electron chi connectivity index (χ1n) is 5.89. The third-order valence-electron chi connectivity index (χ3n) is 3.75. The van der Waals surface area contributed by atoms with Crippen LogP contribution in [-0.2, 0) is 0 Å². The van der Waals surface area contributed by atoms with Gasteiger partial charge in [0.2, 0.25) is 7.41 Å². The molecule has 1 fully saturated rings. The van der Waals surface area contributed by atoms with Crippen molar-refractivity contribution in [2.75, 3.05) is 6.54 Å². The van der Waals surface area contributed by atoms with Gasteiger partial charge in [0.15, 0.2) is 0 Å². The summed E-state index contributed by atoms with van der Waals surface area (Å²) < 4.78 is 0. The van der Waals surface area contributed by atoms with Crippen LogP contribution in [0, 0.1) is 5.92 Å². The monoisotopic (exact) mass is 181 g/mol. The molecule has 1 heterocycles. The number of hydrogen-bond donors (Lipinski definition) is 0. The van der Waals surface area contributed by atoms with E-state index >= 15 is 0 Å². The molecule has 1 aliphatic heterocycles. The van der Waals surface area contributed by atoms with E-state index in [2.05, 4.69) is 32.5 Å². The van der Waals surface area contributed by atoms with Gasteiger partial charge in [-0.25, -0.2) is 0 Å². The number of hydrogen-bond acceptors (Lipinski definition) is 1. The summed E-state index contributed by atoms with van der Waals surface area (Å²) in [5.74, 6) is 1.77. The SMILES string of the molecule is CCC(C)BN1CCCC(C)C1C. The van der Waals surface area contributed by atoms with E-state index in [9.17, 15) is 0 Å². The van der Waals surface area contributed by atoms with Crippen LogP contribution >= 0.6 is 0 Å². The van der Waals surface area contributed by atoms with E-state index in [-0.39, 0.29) is 0 Å². The molecule has 3 atom stereocenters. The summed E-state index contributed by atoms with van der Waals surface area (Å²) >= 11 is 0. The minimum atomic E-state index is 0.808. The van der Waals surface area contributed by atoms with E-state index < -0.39 is 0 Å². The molecule has 0 amide bonds. The van der Waals surface area contributed by atoms with Gasteiger partial charge in [-0.05, 0) is 31.3 Å². The van der Waals surface area contributed by atoms with E-state index in [0.29, 0.717) is 0 Å². The molecule has 13 heavy (non-hydrogen) atoms. The van der Waals surface area contributed by atoms with Gasteiger partial charge in [0.25, 0.3) is 0 Å². The largest absolute Gasteiger partial charge is 0.342 e. The van der Waals surface area contributed by atoms with Crippen molar-refractivity contribution in [1.29, 1.82) is 0 Å². The zero-order valence-corrected chi connectivity index (χ0v) is 9.71. The second-order valence-electron chi connectivity index (χ2n) is 4.87. The normalized spacial score (nSPS) is 32.9. The summed E-state index contributed by atoms with van der Waals surface area (Å²) in [7, 11) is 1.31. The van der Waals surface area contributed by atoms with Gasteiger partial charge in [-0.2, -0.15) is 0 Å². The van der Waals surface area contributed by atoms with Crippen LogP contribution in [0.1, 0.15) is 47.0 Å². The van der Waals surface area contributed by atoms with Gasteiger partial charge >= 0.3 is 0 Å². The summed E-state index contributed by atoms with van der Waals surface area (Å²) in [6.45, 7) is 10.8. The summed E-state index contributed by atoms with van der Waals surface area (Å²) in [6, 6.07) is 0.808. The highest BCUT2D eigenvalue weighted by Gasteiger charge is 2.25. The minimum Gasteiger partial charge on any atom is -0.342 e. The third-order valence-corrected chi connectivity index (χ3v) is 3.75. The quantitative estimate of drug-likeness (QED) is 0.605. The first-order chi connectivity index (χ1) is 6.15. The molecular weight excluding hydrogens is 157 g/mol. The maximum atomic E-state index is 2.68. The van der Waals surface area contributed by atoms with Crippen molar-refractivity contribution in [1.82, 2.24) is 4.81 Å². The van der Waals surface area contributed by atoms with Crippen LogP contribution in [0.15, 0.2) is 0 Å². The molecule has 0 radical (unpaired) electrons. The van der Waals surface area contributed by atoms with Crippen molar-refractivity contribution >= 4 is 7.41 Å². The molecule has 0 saturated carbocycles. The average Bonchev–Trinajstić information content (AvgIpc) is 2.13. The second-order valence-corrected chi connectivity index (χ2v) is 4.87. The standard InChI is InChI=1S/C11H24BN/c1-5-10(3)12-13-8-6-7-9(2)11(13)4/h9-12H,5-8H2,1-4H3. The van der Waals surface area contributed by atoms with Crippen molar-refractivity contribution in [3.05, 3.63) is 0 Å². The molecule has 3 unspecified atom stereocenters. The van der Waals surface area contributed by atoms with Crippen molar-refractivity contribution in [2.24, 2.45) is 5.92 Å². The summed E-state index contributed by atoms with van der Waals surface area (Å²) in [5, 5.41) is 0. The molecule has 1 nitrogen and oxygen atoms in total. The molecule has 1 saturated heterocycles. The van der Waals surface area contributed by atoms with Crippen molar-refractivity contribution in [3.8, 4) is 0 Å². The average molecular weight is 181 g/mol. The lowest BCUT2D eigenvalue weighted by Gasteiger charge is -2.39. The summed E-state index contributed by atoms with van der Waals surface area (Å²) in [4.78, 5) is 2.68. The fraction of sp³-hybridized carbons (Fsp3) is 1.00. The highest BCUT2D eigenvalue weighted by atomic mass is 15.1. The minimum absolute atomic E-state index is 0.808. The van der Waals surface area contributed by atoms with Gasteiger partial charge in [0.05, 0.1) is 0 Å². The van der Waals surface area contributed by atoms with Crippen LogP contribution in [-0.4, -0.2) is 24.8 Å². The highest BCUT2D eigenvalue weighted by molar-refractivity contribution is 6.34. The summed E-state index contributed by atoms with van der Waals surface area (Å²) in [6.07, 6.45) is 4.15. The van der Waals surface area contributed by atoms with Crippen LogP contribution in [0.4, 0.5) is 0 Å². The van der Waals surface area contributed by atoms with Crippen LogP contribution in [0.2, 0.25) is 5.82 Å². The predicted molar refractivity (Wildman–Crippen MR) is 61.4 cm³/mol. The molecule has 0 spiro atoms. The Bertz CT molecular complexity index is 149. The van der Waals surface area contributed by atoms with Gasteiger partial charge < -0.3 is 4.81 Å². The first-order valence-corrected chi connectivity index (χ1v) is 5.89. The van der Waals surface area contributed by atoms with Crippen molar-refractivity contribution < 1.29 is 0 Å². The zero-order valence-electron chi connectivity index (χ0n) is 9.71. The summed E-state index contributed by atoms with van der Waals surface area (Å²) in [5.41, 5.74) is 0. The van der Waals surface area contributed by atoms with E-state index in [0.717, 1.165) is 17.8 Å². The Balaban J connectivity index is 2.39. The lowest BCUT2D eigenvalue weighted by Crippen LogP contribution is -2.45. The van der Waals surface area contributed by atoms with Crippen LogP contribution in [0.25, 0.3) is 0 Å². The van der Waals surface area contributed by atoms with Gasteiger partial charge in [0.1, 0.15) is 0 Å². The van der Waals surface area contributed by atoms with Gasteiger partial charge in [-0.3, -0.25) is 0 Å². The fourth-order valence-corrected chi connectivity index (χ4v) is 2.21. The van der Waals surface area contributed by atoms with Gasteiger partial charge in [0, 0.05) is 0 Å². The number of nitrogens with zero attached hydrogens (tertiary/aromatic N) is 1. The van der Waals surface area contributed by atoms with Crippen LogP contribution in [0.5, 0.6) is 0 Å². The highest BCUT2D eigenvalue weighted by Crippen LogP contribution is 2.24. The van der Waals surface area contributed by atoms with E-state index in [4.69, 9.17) is 0 Å². The Morgan fingerprint density at radius 3 is 2.77 bits per heavy atom. The first kappa shape index (κ1) is 11.1. The molecule has 76 valence electrons. The van der Waals surface area contributed by atoms with Gasteiger partial charge in [-0.15, -0.1) is 0 Å². The van der Waals surface area contributed by atoms with Crippen molar-refractivity contribution in [2.45, 2.75) is 58.8 Å². The molecule has 2 heteroatoms. The molecule has 0 N–H and O–H groups in total. The maximum Gasteiger partial charge on any atom is 0.207 e. The molecular formula is C11H24BN. The Kier molecular flexibility index (Phi) is 4.31. The predicted octanol–water partition coefficient (Wildman–Crippen LogP) is 2.68. The fourth-order valence-electron chi connectivity index (χ4n) is 2.21. The Hall–Kier alpha value is 0.0249. The van der Waals surface area contributed by atoms with E-state index in [1.54, 1.807) is 0 Å². The van der Waals surface area contributed by atoms with E-state index in [1.807, 2.05) is 0 Å². The Morgan fingerprint density at radius 1 is 1.46 bits per heavy atom. The molecule has 1 aliphatic rings. The third kappa shape index (κ3) is 3.01. The smallest absolute Gasteiger partial charge is 0.207 e. The van der Waals surface area contributed by atoms with Crippen LogP contribution in [0.3, 0.4) is 0 Å². The molecule has 1 rings (SSSR count). The topological polar surface area (TPSA) is 3.24 Å². The molecule has 0 aromatic carbocycles. The molecule has 0 aliphatic carbocycles. The molecule has 0 bridgehead atoms. The lowest BCUT2D eigenvalue weighted by molar-refractivity contribution is 0.202. The van der Waals surface area contributed by atoms with Crippen LogP contribution < -0.4 is 0 Å². The van der Waals surface area contributed by atoms with E-state index in [1.165, 1.54) is 33.2 Å². The number of rotatable bonds is 3. The Morgan fingerprint density at radius 2 is 2.15 bits per heavy atom. The number of piperidine rings is 1. The second kappa shape index (κ2) is 5.04. The molecule has 0 aromatic rings. The molecule has 0 aromatic heterocycles. The zero-order chi connectivity index (χ0) is 9.84. The Labute approximate surface area is 84.2 Å². The lowest BCUT2D eigenvalue weighted by atomic mass is 9.70. The maximum absolute atomic E-state index is 2.68.